The smallest absolute Gasteiger partial charge is 0.269 e. The molecule has 2 rings (SSSR count). The second kappa shape index (κ2) is 8.70. The molecule has 13 heteroatoms. The van der Waals surface area contributed by atoms with Crippen molar-refractivity contribution >= 4 is 29.2 Å². The first-order valence-corrected chi connectivity index (χ1v) is 8.01. The molecule has 0 saturated carbocycles. The Morgan fingerprint density at radius 1 is 1.19 bits per heavy atom. The fraction of sp³-hybridized carbons (Fsp3) is 0.357. The highest BCUT2D eigenvalue weighted by molar-refractivity contribution is 7.80. The van der Waals surface area contributed by atoms with Gasteiger partial charge < -0.3 is 4.74 Å². The summed E-state index contributed by atoms with van der Waals surface area (Å²) in [5.41, 5.74) is -1.49. The Kier molecular flexibility index (Phi) is 6.60. The third-order valence-electron chi connectivity index (χ3n) is 3.27. The number of hydrogen-bond acceptors (Lipinski definition) is 6. The van der Waals surface area contributed by atoms with Crippen LogP contribution in [0.3, 0.4) is 0 Å². The molecule has 1 amide bonds. The standard InChI is InChI=1S/C14H14F4N6O2S/c1-3-4-5-24-22-13(21-23-24)20-14(27)19-12(25)6-7(15)9(17)11(26-2)10(18)8(6)16/h3-5H2,1-2H3,(H2,19,20,22,25,27). The number of benzene rings is 1. The fourth-order valence-electron chi connectivity index (χ4n) is 1.98. The van der Waals surface area contributed by atoms with Gasteiger partial charge in [-0.1, -0.05) is 18.4 Å². The highest BCUT2D eigenvalue weighted by Gasteiger charge is 2.30. The summed E-state index contributed by atoms with van der Waals surface area (Å²) >= 11 is 4.79. The third-order valence-corrected chi connectivity index (χ3v) is 3.48. The molecule has 146 valence electrons. The number of rotatable bonds is 6. The lowest BCUT2D eigenvalue weighted by atomic mass is 10.1. The molecular formula is C14H14F4N6O2S. The zero-order valence-corrected chi connectivity index (χ0v) is 15.0. The summed E-state index contributed by atoms with van der Waals surface area (Å²) in [6, 6.07) is 0. The van der Waals surface area contributed by atoms with Crippen LogP contribution >= 0.6 is 12.2 Å². The van der Waals surface area contributed by atoms with Gasteiger partial charge in [0, 0.05) is 0 Å². The number of amides is 1. The Balaban J connectivity index is 2.13. The quantitative estimate of drug-likeness (QED) is 0.431. The lowest BCUT2D eigenvalue weighted by Gasteiger charge is -2.11. The predicted octanol–water partition coefficient (Wildman–Crippen LogP) is 2.17. The van der Waals surface area contributed by atoms with Crippen molar-refractivity contribution in [3.8, 4) is 5.75 Å². The molecule has 27 heavy (non-hydrogen) atoms. The van der Waals surface area contributed by atoms with E-state index in [4.69, 9.17) is 12.2 Å². The molecule has 1 aromatic heterocycles. The molecule has 1 aromatic carbocycles. The summed E-state index contributed by atoms with van der Waals surface area (Å²) in [4.78, 5) is 13.3. The predicted molar refractivity (Wildman–Crippen MR) is 89.2 cm³/mol. The summed E-state index contributed by atoms with van der Waals surface area (Å²) in [7, 11) is 0.819. The largest absolute Gasteiger partial charge is 0.491 e. The van der Waals surface area contributed by atoms with Gasteiger partial charge in [-0.05, 0) is 23.9 Å². The molecular weight excluding hydrogens is 392 g/mol. The summed E-state index contributed by atoms with van der Waals surface area (Å²) in [5, 5.41) is 15.1. The van der Waals surface area contributed by atoms with E-state index in [1.54, 1.807) is 0 Å². The molecule has 0 aliphatic carbocycles. The van der Waals surface area contributed by atoms with Crippen molar-refractivity contribution in [2.45, 2.75) is 26.3 Å². The Hall–Kier alpha value is -2.83. The minimum absolute atomic E-state index is 0.0792. The zero-order valence-electron chi connectivity index (χ0n) is 14.1. The number of halogens is 4. The van der Waals surface area contributed by atoms with Crippen molar-refractivity contribution < 1.29 is 27.1 Å². The van der Waals surface area contributed by atoms with Gasteiger partial charge in [-0.25, -0.2) is 8.78 Å². The molecule has 0 unspecified atom stereocenters. The fourth-order valence-corrected chi connectivity index (χ4v) is 2.16. The number of hydrogen-bond donors (Lipinski definition) is 2. The average molecular weight is 406 g/mol. The van der Waals surface area contributed by atoms with Gasteiger partial charge in [-0.3, -0.25) is 15.4 Å². The van der Waals surface area contributed by atoms with Crippen LogP contribution in [-0.4, -0.2) is 38.3 Å². The lowest BCUT2D eigenvalue weighted by molar-refractivity contribution is 0.0966. The number of methoxy groups -OCH3 is 1. The van der Waals surface area contributed by atoms with E-state index in [-0.39, 0.29) is 5.95 Å². The van der Waals surface area contributed by atoms with E-state index in [1.807, 2.05) is 12.2 Å². The van der Waals surface area contributed by atoms with Crippen molar-refractivity contribution in [1.82, 2.24) is 25.5 Å². The number of aromatic nitrogens is 4. The molecule has 0 spiro atoms. The first-order chi connectivity index (χ1) is 12.8. The molecule has 0 bridgehead atoms. The van der Waals surface area contributed by atoms with Crippen molar-refractivity contribution in [2.75, 3.05) is 12.4 Å². The number of carbonyl (C=O) groups excluding carboxylic acids is 1. The number of unbranched alkanes of at least 4 members (excludes halogenated alkanes) is 1. The van der Waals surface area contributed by atoms with Crippen molar-refractivity contribution in [2.24, 2.45) is 0 Å². The number of carbonyl (C=O) groups is 1. The first kappa shape index (κ1) is 20.5. The third kappa shape index (κ3) is 4.48. The number of ether oxygens (including phenoxy) is 1. The maximum atomic E-state index is 13.9. The van der Waals surface area contributed by atoms with Crippen molar-refractivity contribution in [3.05, 3.63) is 28.8 Å². The average Bonchev–Trinajstić information content (AvgIpc) is 3.06. The van der Waals surface area contributed by atoms with Crippen LogP contribution < -0.4 is 15.4 Å². The van der Waals surface area contributed by atoms with E-state index < -0.39 is 45.6 Å². The van der Waals surface area contributed by atoms with Crippen LogP contribution in [0.5, 0.6) is 5.75 Å². The number of nitrogens with zero attached hydrogens (tertiary/aromatic N) is 4. The Morgan fingerprint density at radius 2 is 1.81 bits per heavy atom. The molecule has 0 fully saturated rings. The second-order valence-corrected chi connectivity index (χ2v) is 5.54. The second-order valence-electron chi connectivity index (χ2n) is 5.13. The minimum Gasteiger partial charge on any atom is -0.491 e. The van der Waals surface area contributed by atoms with Crippen LogP contribution in [0, 0.1) is 23.3 Å². The summed E-state index contributed by atoms with van der Waals surface area (Å²) in [6.45, 7) is 2.48. The van der Waals surface area contributed by atoms with E-state index in [2.05, 4.69) is 25.5 Å². The summed E-state index contributed by atoms with van der Waals surface area (Å²) in [5.74, 6) is -10.4. The molecule has 0 saturated heterocycles. The van der Waals surface area contributed by atoms with Crippen LogP contribution in [-0.2, 0) is 6.54 Å². The van der Waals surface area contributed by atoms with Gasteiger partial charge in [0.05, 0.1) is 13.7 Å². The van der Waals surface area contributed by atoms with Crippen LogP contribution in [0.25, 0.3) is 0 Å². The molecule has 2 aromatic rings. The van der Waals surface area contributed by atoms with Crippen molar-refractivity contribution in [1.29, 1.82) is 0 Å². The van der Waals surface area contributed by atoms with Gasteiger partial charge in [0.2, 0.25) is 11.6 Å². The number of tetrazole rings is 1. The summed E-state index contributed by atoms with van der Waals surface area (Å²) < 4.78 is 59.4. The Labute approximate surface area is 155 Å². The van der Waals surface area contributed by atoms with Gasteiger partial charge in [-0.15, -0.1) is 5.10 Å². The topological polar surface area (TPSA) is 94.0 Å². The molecule has 0 atom stereocenters. The summed E-state index contributed by atoms with van der Waals surface area (Å²) in [6.07, 6.45) is 1.72. The molecule has 0 radical (unpaired) electrons. The van der Waals surface area contributed by atoms with Crippen molar-refractivity contribution in [3.63, 3.8) is 0 Å². The van der Waals surface area contributed by atoms with Gasteiger partial charge in [-0.2, -0.15) is 13.6 Å². The van der Waals surface area contributed by atoms with Crippen LogP contribution in [0.2, 0.25) is 0 Å². The van der Waals surface area contributed by atoms with Crippen LogP contribution in [0.4, 0.5) is 23.5 Å². The van der Waals surface area contributed by atoms with E-state index in [9.17, 15) is 22.4 Å². The maximum Gasteiger partial charge on any atom is 0.269 e. The minimum atomic E-state index is -1.92. The van der Waals surface area contributed by atoms with Gasteiger partial charge in [0.15, 0.2) is 22.5 Å². The number of thiocarbonyl (C=S) groups is 1. The number of aryl methyl sites for hydroxylation is 1. The SMILES string of the molecule is CCCCn1nnc(NC(=S)NC(=O)c2c(F)c(F)c(OC)c(F)c2F)n1. The molecule has 2 N–H and O–H groups in total. The highest BCUT2D eigenvalue weighted by Crippen LogP contribution is 2.29. The Bertz CT molecular complexity index is 847. The van der Waals surface area contributed by atoms with Crippen LogP contribution in [0.15, 0.2) is 0 Å². The van der Waals surface area contributed by atoms with Crippen LogP contribution in [0.1, 0.15) is 30.1 Å². The monoisotopic (exact) mass is 406 g/mol. The maximum absolute atomic E-state index is 13.9. The number of nitrogens with one attached hydrogen (secondary N) is 2. The molecule has 8 nitrogen and oxygen atoms in total. The van der Waals surface area contributed by atoms with E-state index in [1.165, 1.54) is 4.80 Å². The first-order valence-electron chi connectivity index (χ1n) is 7.60. The molecule has 0 aliphatic rings. The number of anilines is 1. The molecule has 0 aliphatic heterocycles. The normalized spacial score (nSPS) is 10.6. The van der Waals surface area contributed by atoms with E-state index in [0.717, 1.165) is 20.0 Å². The van der Waals surface area contributed by atoms with Gasteiger partial charge in [0.25, 0.3) is 11.9 Å². The lowest BCUT2D eigenvalue weighted by Crippen LogP contribution is -2.36. The zero-order chi connectivity index (χ0) is 20.1. The van der Waals surface area contributed by atoms with E-state index in [0.29, 0.717) is 6.54 Å². The highest BCUT2D eigenvalue weighted by atomic mass is 32.1. The van der Waals surface area contributed by atoms with E-state index >= 15 is 0 Å². The Morgan fingerprint density at radius 3 is 2.37 bits per heavy atom. The van der Waals surface area contributed by atoms with Gasteiger partial charge in [0.1, 0.15) is 5.56 Å². The molecule has 1 heterocycles. The van der Waals surface area contributed by atoms with Gasteiger partial charge >= 0.3 is 0 Å².